The van der Waals surface area contributed by atoms with Gasteiger partial charge < -0.3 is 15.3 Å². The standard InChI is InChI=1S/C13H18N2O3/c1-3-15(4-2)13(18)14-11-8-6-5-7-10(11)9-12(16)17/h5-8H,3-4,9H2,1-2H3,(H,14,18)(H,16,17). The third-order valence-corrected chi connectivity index (χ3v) is 2.65. The van der Waals surface area contributed by atoms with E-state index in [-0.39, 0.29) is 12.5 Å². The number of urea groups is 1. The van der Waals surface area contributed by atoms with E-state index in [4.69, 9.17) is 5.11 Å². The zero-order chi connectivity index (χ0) is 13.5. The molecular formula is C13H18N2O3. The van der Waals surface area contributed by atoms with E-state index in [1.807, 2.05) is 13.8 Å². The van der Waals surface area contributed by atoms with E-state index in [1.165, 1.54) is 0 Å². The van der Waals surface area contributed by atoms with Crippen molar-refractivity contribution in [3.8, 4) is 0 Å². The first-order valence-electron chi connectivity index (χ1n) is 5.94. The van der Waals surface area contributed by atoms with Gasteiger partial charge in [0, 0.05) is 18.8 Å². The van der Waals surface area contributed by atoms with Gasteiger partial charge in [0.25, 0.3) is 0 Å². The van der Waals surface area contributed by atoms with Gasteiger partial charge in [0.15, 0.2) is 0 Å². The zero-order valence-corrected chi connectivity index (χ0v) is 10.6. The summed E-state index contributed by atoms with van der Waals surface area (Å²) in [6, 6.07) is 6.72. The smallest absolute Gasteiger partial charge is 0.321 e. The average molecular weight is 250 g/mol. The minimum atomic E-state index is -0.917. The van der Waals surface area contributed by atoms with Gasteiger partial charge in [-0.1, -0.05) is 18.2 Å². The highest BCUT2D eigenvalue weighted by molar-refractivity contribution is 5.91. The van der Waals surface area contributed by atoms with E-state index in [1.54, 1.807) is 29.2 Å². The van der Waals surface area contributed by atoms with Crippen molar-refractivity contribution in [2.45, 2.75) is 20.3 Å². The topological polar surface area (TPSA) is 69.6 Å². The molecule has 2 N–H and O–H groups in total. The molecule has 0 saturated carbocycles. The Labute approximate surface area is 106 Å². The number of para-hydroxylation sites is 1. The maximum absolute atomic E-state index is 11.9. The molecule has 18 heavy (non-hydrogen) atoms. The molecule has 0 saturated heterocycles. The molecule has 0 fully saturated rings. The lowest BCUT2D eigenvalue weighted by atomic mass is 10.1. The van der Waals surface area contributed by atoms with Gasteiger partial charge >= 0.3 is 12.0 Å². The van der Waals surface area contributed by atoms with Crippen molar-refractivity contribution in [2.24, 2.45) is 0 Å². The Morgan fingerprint density at radius 3 is 2.39 bits per heavy atom. The minimum Gasteiger partial charge on any atom is -0.481 e. The van der Waals surface area contributed by atoms with Crippen molar-refractivity contribution < 1.29 is 14.7 Å². The SMILES string of the molecule is CCN(CC)C(=O)Nc1ccccc1CC(=O)O. The minimum absolute atomic E-state index is 0.102. The quantitative estimate of drug-likeness (QED) is 0.841. The third kappa shape index (κ3) is 3.76. The molecule has 1 aromatic rings. The van der Waals surface area contributed by atoms with Crippen molar-refractivity contribution in [1.82, 2.24) is 4.90 Å². The van der Waals surface area contributed by atoms with Crippen molar-refractivity contribution >= 4 is 17.7 Å². The first kappa shape index (κ1) is 14.0. The molecule has 2 amide bonds. The summed E-state index contributed by atoms with van der Waals surface area (Å²) >= 11 is 0. The van der Waals surface area contributed by atoms with Crippen LogP contribution in [0.2, 0.25) is 0 Å². The molecule has 5 nitrogen and oxygen atoms in total. The van der Waals surface area contributed by atoms with E-state index in [2.05, 4.69) is 5.32 Å². The number of carboxylic acid groups (broad SMARTS) is 1. The summed E-state index contributed by atoms with van der Waals surface area (Å²) < 4.78 is 0. The summed E-state index contributed by atoms with van der Waals surface area (Å²) in [7, 11) is 0. The van der Waals surface area contributed by atoms with Crippen molar-refractivity contribution in [1.29, 1.82) is 0 Å². The largest absolute Gasteiger partial charge is 0.481 e. The van der Waals surface area contributed by atoms with Gasteiger partial charge in [-0.3, -0.25) is 4.79 Å². The van der Waals surface area contributed by atoms with Crippen LogP contribution in [0.4, 0.5) is 10.5 Å². The van der Waals surface area contributed by atoms with E-state index >= 15 is 0 Å². The van der Waals surface area contributed by atoms with Crippen LogP contribution in [0, 0.1) is 0 Å². The highest BCUT2D eigenvalue weighted by atomic mass is 16.4. The van der Waals surface area contributed by atoms with E-state index in [0.29, 0.717) is 24.3 Å². The Bertz CT molecular complexity index is 428. The number of nitrogens with zero attached hydrogens (tertiary/aromatic N) is 1. The van der Waals surface area contributed by atoms with Crippen LogP contribution in [0.3, 0.4) is 0 Å². The summed E-state index contributed by atoms with van der Waals surface area (Å²) in [5, 5.41) is 11.5. The lowest BCUT2D eigenvalue weighted by molar-refractivity contribution is -0.136. The molecular weight excluding hydrogens is 232 g/mol. The molecule has 0 aliphatic carbocycles. The molecule has 0 aliphatic rings. The van der Waals surface area contributed by atoms with E-state index in [0.717, 1.165) is 0 Å². The zero-order valence-electron chi connectivity index (χ0n) is 10.6. The monoisotopic (exact) mass is 250 g/mol. The normalized spacial score (nSPS) is 9.89. The lowest BCUT2D eigenvalue weighted by Crippen LogP contribution is -2.34. The Morgan fingerprint density at radius 1 is 1.22 bits per heavy atom. The molecule has 0 spiro atoms. The fourth-order valence-corrected chi connectivity index (χ4v) is 1.66. The van der Waals surface area contributed by atoms with Gasteiger partial charge in [-0.25, -0.2) is 4.79 Å². The predicted octanol–water partition coefficient (Wildman–Crippen LogP) is 2.19. The third-order valence-electron chi connectivity index (χ3n) is 2.65. The molecule has 1 rings (SSSR count). The summed E-state index contributed by atoms with van der Waals surface area (Å²) in [4.78, 5) is 24.2. The van der Waals surface area contributed by atoms with Crippen molar-refractivity contribution in [3.05, 3.63) is 29.8 Å². The van der Waals surface area contributed by atoms with Gasteiger partial charge in [0.2, 0.25) is 0 Å². The summed E-state index contributed by atoms with van der Waals surface area (Å²) in [6.45, 7) is 5.02. The number of nitrogens with one attached hydrogen (secondary N) is 1. The number of rotatable bonds is 5. The van der Waals surface area contributed by atoms with Crippen LogP contribution in [-0.4, -0.2) is 35.1 Å². The second-order valence-corrected chi connectivity index (χ2v) is 3.83. The first-order chi connectivity index (χ1) is 8.58. The Hall–Kier alpha value is -2.04. The van der Waals surface area contributed by atoms with Crippen molar-refractivity contribution in [3.63, 3.8) is 0 Å². The second-order valence-electron chi connectivity index (χ2n) is 3.83. The molecule has 0 heterocycles. The molecule has 0 unspecified atom stereocenters. The summed E-state index contributed by atoms with van der Waals surface area (Å²) in [5.41, 5.74) is 1.15. The van der Waals surface area contributed by atoms with Crippen LogP contribution >= 0.6 is 0 Å². The number of aliphatic carboxylic acids is 1. The summed E-state index contributed by atoms with van der Waals surface area (Å²) in [5.74, 6) is -0.917. The molecule has 0 bridgehead atoms. The fraction of sp³-hybridized carbons (Fsp3) is 0.385. The van der Waals surface area contributed by atoms with Crippen LogP contribution in [0.1, 0.15) is 19.4 Å². The fourth-order valence-electron chi connectivity index (χ4n) is 1.66. The lowest BCUT2D eigenvalue weighted by Gasteiger charge is -2.20. The second kappa shape index (κ2) is 6.64. The first-order valence-corrected chi connectivity index (χ1v) is 5.94. The van der Waals surface area contributed by atoms with E-state index < -0.39 is 5.97 Å². The van der Waals surface area contributed by atoms with Crippen LogP contribution in [0.15, 0.2) is 24.3 Å². The van der Waals surface area contributed by atoms with Crippen LogP contribution in [-0.2, 0) is 11.2 Å². The maximum atomic E-state index is 11.9. The molecule has 1 aromatic carbocycles. The number of carbonyl (C=O) groups is 2. The molecule has 0 aliphatic heterocycles. The summed E-state index contributed by atoms with van der Waals surface area (Å²) in [6.07, 6.45) is -0.102. The number of benzene rings is 1. The number of amides is 2. The highest BCUT2D eigenvalue weighted by Gasteiger charge is 2.12. The van der Waals surface area contributed by atoms with Gasteiger partial charge in [0.05, 0.1) is 6.42 Å². The van der Waals surface area contributed by atoms with Crippen molar-refractivity contribution in [2.75, 3.05) is 18.4 Å². The van der Waals surface area contributed by atoms with Crippen LogP contribution < -0.4 is 5.32 Å². The highest BCUT2D eigenvalue weighted by Crippen LogP contribution is 2.16. The van der Waals surface area contributed by atoms with Gasteiger partial charge in [-0.2, -0.15) is 0 Å². The Balaban J connectivity index is 2.83. The number of carboxylic acids is 1. The number of anilines is 1. The average Bonchev–Trinajstić information content (AvgIpc) is 2.32. The number of carbonyl (C=O) groups excluding carboxylic acids is 1. The molecule has 0 radical (unpaired) electrons. The van der Waals surface area contributed by atoms with Gasteiger partial charge in [-0.15, -0.1) is 0 Å². The Morgan fingerprint density at radius 2 is 1.83 bits per heavy atom. The Kier molecular flexibility index (Phi) is 5.17. The number of hydrogen-bond acceptors (Lipinski definition) is 2. The molecule has 0 aromatic heterocycles. The van der Waals surface area contributed by atoms with E-state index in [9.17, 15) is 9.59 Å². The van der Waals surface area contributed by atoms with Gasteiger partial charge in [-0.05, 0) is 25.5 Å². The van der Waals surface area contributed by atoms with Gasteiger partial charge in [0.1, 0.15) is 0 Å². The van der Waals surface area contributed by atoms with Crippen LogP contribution in [0.5, 0.6) is 0 Å². The number of hydrogen-bond donors (Lipinski definition) is 2. The predicted molar refractivity (Wildman–Crippen MR) is 69.7 cm³/mol. The molecule has 5 heteroatoms. The molecule has 0 atom stereocenters. The maximum Gasteiger partial charge on any atom is 0.321 e. The van der Waals surface area contributed by atoms with Crippen LogP contribution in [0.25, 0.3) is 0 Å². The molecule has 98 valence electrons.